The molecule has 2 aromatic heterocycles. The van der Waals surface area contributed by atoms with Crippen LogP contribution in [0.25, 0.3) is 5.69 Å². The van der Waals surface area contributed by atoms with Crippen molar-refractivity contribution in [2.24, 2.45) is 0 Å². The number of pyridine rings is 1. The highest BCUT2D eigenvalue weighted by Crippen LogP contribution is 2.39. The Morgan fingerprint density at radius 3 is 2.51 bits per heavy atom. The second-order valence-corrected chi connectivity index (χ2v) is 9.87. The summed E-state index contributed by atoms with van der Waals surface area (Å²) in [7, 11) is 0. The van der Waals surface area contributed by atoms with Crippen LogP contribution in [0.2, 0.25) is 0 Å². The van der Waals surface area contributed by atoms with Crippen molar-refractivity contribution in [2.75, 3.05) is 26.3 Å². The van der Waals surface area contributed by atoms with Gasteiger partial charge in [-0.2, -0.15) is 5.26 Å². The zero-order valence-electron chi connectivity index (χ0n) is 20.3. The zero-order valence-corrected chi connectivity index (χ0v) is 20.3. The summed E-state index contributed by atoms with van der Waals surface area (Å²) in [5.41, 5.74) is 4.10. The third-order valence-corrected chi connectivity index (χ3v) is 7.61. The Morgan fingerprint density at radius 1 is 1.11 bits per heavy atom. The molecule has 6 nitrogen and oxygen atoms in total. The van der Waals surface area contributed by atoms with Crippen LogP contribution in [0.1, 0.15) is 52.9 Å². The number of benzene rings is 1. The largest absolute Gasteiger partial charge is 0.379 e. The molecule has 2 fully saturated rings. The Hall–Kier alpha value is -3.27. The second kappa shape index (κ2) is 10.2. The number of nitrogens with zero attached hydrogens (tertiary/aromatic N) is 4. The normalized spacial score (nSPS) is 23.0. The van der Waals surface area contributed by atoms with Gasteiger partial charge in [-0.05, 0) is 62.4 Å². The quantitative estimate of drug-likeness (QED) is 0.493. The van der Waals surface area contributed by atoms with Crippen molar-refractivity contribution < 1.29 is 9.53 Å². The minimum atomic E-state index is -0.531. The monoisotopic (exact) mass is 468 g/mol. The van der Waals surface area contributed by atoms with Gasteiger partial charge in [-0.15, -0.1) is 0 Å². The molecular weight excluding hydrogens is 436 g/mol. The van der Waals surface area contributed by atoms with E-state index in [9.17, 15) is 10.1 Å². The second-order valence-electron chi connectivity index (χ2n) is 9.87. The fourth-order valence-electron chi connectivity index (χ4n) is 5.37. The molecule has 1 saturated carbocycles. The summed E-state index contributed by atoms with van der Waals surface area (Å²) in [6.07, 6.45) is 9.53. The first kappa shape index (κ1) is 23.5. The third-order valence-electron chi connectivity index (χ3n) is 7.61. The summed E-state index contributed by atoms with van der Waals surface area (Å²) < 4.78 is 7.46. The van der Waals surface area contributed by atoms with Gasteiger partial charge in [0.15, 0.2) is 5.78 Å². The first-order valence-electron chi connectivity index (χ1n) is 12.5. The molecule has 0 radical (unpaired) electrons. The highest BCUT2D eigenvalue weighted by molar-refractivity contribution is 5.97. The van der Waals surface area contributed by atoms with Crippen molar-refractivity contribution in [3.05, 3.63) is 83.4 Å². The molecule has 1 saturated heterocycles. The van der Waals surface area contributed by atoms with E-state index in [1.54, 1.807) is 6.20 Å². The topological polar surface area (TPSA) is 71.2 Å². The highest BCUT2D eigenvalue weighted by atomic mass is 16.5. The molecule has 0 amide bonds. The lowest BCUT2D eigenvalue weighted by molar-refractivity contribution is 0.00493. The molecule has 6 heteroatoms. The van der Waals surface area contributed by atoms with E-state index in [4.69, 9.17) is 4.74 Å². The number of nitriles is 1. The van der Waals surface area contributed by atoms with Crippen LogP contribution in [-0.2, 0) is 16.6 Å². The number of ketones is 1. The van der Waals surface area contributed by atoms with Gasteiger partial charge < -0.3 is 9.30 Å². The summed E-state index contributed by atoms with van der Waals surface area (Å²) in [6, 6.07) is 17.1. The van der Waals surface area contributed by atoms with Crippen LogP contribution in [0.4, 0.5) is 0 Å². The number of carbonyl (C=O) groups is 1. The molecule has 1 aliphatic carbocycles. The molecule has 0 bridgehead atoms. The minimum Gasteiger partial charge on any atom is -0.379 e. The Bertz CT molecular complexity index is 1190. The zero-order chi connectivity index (χ0) is 24.3. The average Bonchev–Trinajstić information content (AvgIpc) is 3.41. The van der Waals surface area contributed by atoms with Gasteiger partial charge in [-0.25, -0.2) is 0 Å². The maximum atomic E-state index is 12.9. The van der Waals surface area contributed by atoms with Crippen LogP contribution in [0.5, 0.6) is 0 Å². The fourth-order valence-corrected chi connectivity index (χ4v) is 5.37. The molecule has 2 aliphatic rings. The van der Waals surface area contributed by atoms with Gasteiger partial charge >= 0.3 is 0 Å². The molecule has 180 valence electrons. The van der Waals surface area contributed by atoms with E-state index in [0.29, 0.717) is 18.0 Å². The van der Waals surface area contributed by atoms with Crippen molar-refractivity contribution >= 4 is 5.78 Å². The van der Waals surface area contributed by atoms with Gasteiger partial charge in [0.25, 0.3) is 0 Å². The van der Waals surface area contributed by atoms with Crippen LogP contribution in [-0.4, -0.2) is 52.6 Å². The number of ether oxygens (including phenoxy) is 1. The summed E-state index contributed by atoms with van der Waals surface area (Å²) in [5.74, 6) is 0.0615. The smallest absolute Gasteiger partial charge is 0.168 e. The van der Waals surface area contributed by atoms with Gasteiger partial charge in [0.1, 0.15) is 0 Å². The summed E-state index contributed by atoms with van der Waals surface area (Å²) in [5, 5.41) is 10.1. The third kappa shape index (κ3) is 5.07. The number of Topliss-reactive ketones (excluding diaryl/α,β-unsaturated/α-hetero) is 1. The fraction of sp³-hybridized carbons (Fsp3) is 0.414. The van der Waals surface area contributed by atoms with E-state index in [1.807, 2.05) is 47.3 Å². The molecule has 1 aliphatic heterocycles. The molecule has 5 rings (SSSR count). The molecule has 3 heterocycles. The predicted molar refractivity (Wildman–Crippen MR) is 135 cm³/mol. The van der Waals surface area contributed by atoms with E-state index in [0.717, 1.165) is 68.9 Å². The van der Waals surface area contributed by atoms with Gasteiger partial charge in [0, 0.05) is 55.4 Å². The number of carbonyl (C=O) groups excluding carboxylic acids is 1. The standard InChI is InChI=1S/C29H32N4O2/c1-22-2-5-25(6-3-22)33-13-10-24(20-33)27(34)18-23-4-7-28(31-19-23)29(21-30)11-8-26(9-12-29)32-14-16-35-17-15-32/h2-7,10,13,19-20,26H,8-9,11-12,14-18H2,1H3. The van der Waals surface area contributed by atoms with Gasteiger partial charge in [-0.3, -0.25) is 14.7 Å². The number of hydrogen-bond acceptors (Lipinski definition) is 5. The highest BCUT2D eigenvalue weighted by Gasteiger charge is 2.40. The van der Waals surface area contributed by atoms with E-state index < -0.39 is 5.41 Å². The number of aromatic nitrogens is 2. The van der Waals surface area contributed by atoms with Crippen molar-refractivity contribution in [3.8, 4) is 11.8 Å². The van der Waals surface area contributed by atoms with E-state index in [1.165, 1.54) is 5.56 Å². The Labute approximate surface area is 207 Å². The maximum absolute atomic E-state index is 12.9. The van der Waals surface area contributed by atoms with Crippen LogP contribution < -0.4 is 0 Å². The molecule has 0 N–H and O–H groups in total. The van der Waals surface area contributed by atoms with Crippen LogP contribution >= 0.6 is 0 Å². The molecular formula is C29H32N4O2. The van der Waals surface area contributed by atoms with E-state index in [-0.39, 0.29) is 5.78 Å². The number of rotatable bonds is 6. The van der Waals surface area contributed by atoms with Gasteiger partial charge in [-0.1, -0.05) is 23.8 Å². The average molecular weight is 469 g/mol. The van der Waals surface area contributed by atoms with Crippen molar-refractivity contribution in [1.82, 2.24) is 14.5 Å². The molecule has 0 unspecified atom stereocenters. The SMILES string of the molecule is Cc1ccc(-n2ccc(C(=O)Cc3ccc(C4(C#N)CCC(N5CCOCC5)CC4)nc3)c2)cc1. The lowest BCUT2D eigenvalue weighted by Crippen LogP contribution is -2.47. The van der Waals surface area contributed by atoms with Crippen LogP contribution in [0.15, 0.2) is 61.1 Å². The maximum Gasteiger partial charge on any atom is 0.168 e. The minimum absolute atomic E-state index is 0.0615. The summed E-state index contributed by atoms with van der Waals surface area (Å²) in [4.78, 5) is 20.1. The molecule has 1 aromatic carbocycles. The molecule has 3 aromatic rings. The predicted octanol–water partition coefficient (Wildman–Crippen LogP) is 4.64. The van der Waals surface area contributed by atoms with Crippen molar-refractivity contribution in [1.29, 1.82) is 5.26 Å². The lowest BCUT2D eigenvalue weighted by Gasteiger charge is -2.41. The number of morpholine rings is 1. The molecule has 0 atom stereocenters. The van der Waals surface area contributed by atoms with E-state index >= 15 is 0 Å². The van der Waals surface area contributed by atoms with Gasteiger partial charge in [0.2, 0.25) is 0 Å². The first-order chi connectivity index (χ1) is 17.1. The van der Waals surface area contributed by atoms with Crippen molar-refractivity contribution in [3.63, 3.8) is 0 Å². The molecule has 0 spiro atoms. The van der Waals surface area contributed by atoms with Gasteiger partial charge in [0.05, 0.1) is 30.4 Å². The Kier molecular flexibility index (Phi) is 6.81. The van der Waals surface area contributed by atoms with E-state index in [2.05, 4.69) is 35.0 Å². The molecule has 35 heavy (non-hydrogen) atoms. The summed E-state index contributed by atoms with van der Waals surface area (Å²) in [6.45, 7) is 5.64. The number of hydrogen-bond donors (Lipinski definition) is 0. The Balaban J connectivity index is 1.22. The first-order valence-corrected chi connectivity index (χ1v) is 12.5. The van der Waals surface area contributed by atoms with Crippen LogP contribution in [0.3, 0.4) is 0 Å². The summed E-state index contributed by atoms with van der Waals surface area (Å²) >= 11 is 0. The number of aryl methyl sites for hydroxylation is 1. The lowest BCUT2D eigenvalue weighted by atomic mass is 9.71. The Morgan fingerprint density at radius 2 is 1.86 bits per heavy atom. The van der Waals surface area contributed by atoms with Crippen LogP contribution in [0, 0.1) is 18.3 Å². The van der Waals surface area contributed by atoms with Crippen molar-refractivity contribution in [2.45, 2.75) is 50.5 Å².